The number of aromatic nitrogens is 2. The zero-order chi connectivity index (χ0) is 23.2. The van der Waals surface area contributed by atoms with E-state index in [0.717, 1.165) is 33.2 Å². The molecule has 0 aliphatic heterocycles. The highest BCUT2D eigenvalue weighted by Crippen LogP contribution is 2.28. The monoisotopic (exact) mass is 474 g/mol. The van der Waals surface area contributed by atoms with Crippen molar-refractivity contribution in [3.63, 3.8) is 0 Å². The summed E-state index contributed by atoms with van der Waals surface area (Å²) in [4.78, 5) is 34.5. The summed E-state index contributed by atoms with van der Waals surface area (Å²) in [6, 6.07) is 20.8. The van der Waals surface area contributed by atoms with Crippen LogP contribution in [0.2, 0.25) is 0 Å². The molecule has 4 rings (SSSR count). The van der Waals surface area contributed by atoms with Gasteiger partial charge in [0.1, 0.15) is 4.88 Å². The smallest absolute Gasteiger partial charge is 0.267 e. The average Bonchev–Trinajstić information content (AvgIpc) is 3.31. The second-order valence-electron chi connectivity index (χ2n) is 7.36. The average molecular weight is 475 g/mol. The van der Waals surface area contributed by atoms with E-state index >= 15 is 0 Å². The highest BCUT2D eigenvalue weighted by atomic mass is 32.2. The molecule has 0 aliphatic carbocycles. The Balaban J connectivity index is 1.33. The Morgan fingerprint density at radius 1 is 0.879 bits per heavy atom. The second-order valence-corrected chi connectivity index (χ2v) is 9.22. The molecule has 0 spiro atoms. The minimum absolute atomic E-state index is 0.348. The van der Waals surface area contributed by atoms with Crippen LogP contribution in [0, 0.1) is 13.8 Å². The molecule has 33 heavy (non-hydrogen) atoms. The third kappa shape index (κ3) is 5.85. The fourth-order valence-corrected chi connectivity index (χ4v) is 4.95. The van der Waals surface area contributed by atoms with Crippen LogP contribution in [0.1, 0.15) is 37.0 Å². The van der Waals surface area contributed by atoms with Gasteiger partial charge in [0.2, 0.25) is 0 Å². The Morgan fingerprint density at radius 2 is 1.55 bits per heavy atom. The highest BCUT2D eigenvalue weighted by molar-refractivity contribution is 7.98. The van der Waals surface area contributed by atoms with Crippen molar-refractivity contribution < 1.29 is 9.59 Å². The van der Waals surface area contributed by atoms with Crippen molar-refractivity contribution in [3.8, 4) is 11.1 Å². The predicted octanol–water partition coefficient (Wildman–Crippen LogP) is 5.19. The summed E-state index contributed by atoms with van der Waals surface area (Å²) in [5, 5.41) is 2.60. The van der Waals surface area contributed by atoms with Crippen LogP contribution in [-0.4, -0.2) is 21.8 Å². The van der Waals surface area contributed by atoms with E-state index in [1.165, 1.54) is 11.3 Å². The largest absolute Gasteiger partial charge is 0.280 e. The van der Waals surface area contributed by atoms with E-state index in [0.29, 0.717) is 16.2 Å². The molecule has 0 aliphatic rings. The van der Waals surface area contributed by atoms with Crippen molar-refractivity contribution in [1.29, 1.82) is 0 Å². The van der Waals surface area contributed by atoms with Gasteiger partial charge < -0.3 is 0 Å². The molecule has 2 N–H and O–H groups in total. The van der Waals surface area contributed by atoms with Gasteiger partial charge in [-0.2, -0.15) is 0 Å². The minimum Gasteiger partial charge on any atom is -0.267 e. The molecule has 8 heteroatoms. The molecule has 166 valence electrons. The normalized spacial score (nSPS) is 10.6. The molecule has 0 saturated heterocycles. The van der Waals surface area contributed by atoms with Crippen molar-refractivity contribution in [2.75, 3.05) is 0 Å². The molecule has 2 aromatic carbocycles. The third-order valence-electron chi connectivity index (χ3n) is 4.79. The van der Waals surface area contributed by atoms with E-state index in [2.05, 4.69) is 20.8 Å². The summed E-state index contributed by atoms with van der Waals surface area (Å²) >= 11 is 2.88. The minimum atomic E-state index is -0.377. The molecule has 0 bridgehead atoms. The van der Waals surface area contributed by atoms with Crippen LogP contribution in [0.3, 0.4) is 0 Å². The Morgan fingerprint density at radius 3 is 2.24 bits per heavy atom. The summed E-state index contributed by atoms with van der Waals surface area (Å²) in [6.45, 7) is 3.90. The Bertz CT molecular complexity index is 1250. The van der Waals surface area contributed by atoms with E-state index in [9.17, 15) is 9.59 Å². The van der Waals surface area contributed by atoms with Crippen molar-refractivity contribution in [2.45, 2.75) is 24.8 Å². The lowest BCUT2D eigenvalue weighted by atomic mass is 10.1. The van der Waals surface area contributed by atoms with Crippen molar-refractivity contribution in [2.24, 2.45) is 0 Å². The van der Waals surface area contributed by atoms with Gasteiger partial charge in [0, 0.05) is 28.3 Å². The molecular formula is C25H22N4O2S2. The Labute approximate surface area is 200 Å². The maximum atomic E-state index is 12.6. The number of thiophene rings is 1. The third-order valence-corrected chi connectivity index (χ3v) is 6.62. The van der Waals surface area contributed by atoms with Gasteiger partial charge in [-0.05, 0) is 54.6 Å². The van der Waals surface area contributed by atoms with Gasteiger partial charge in [0.25, 0.3) is 11.8 Å². The molecule has 4 aromatic rings. The number of amides is 2. The maximum absolute atomic E-state index is 12.6. The molecule has 0 atom stereocenters. The first-order chi connectivity index (χ1) is 16.0. The standard InChI is InChI=1S/C25H22N4O2S2/c1-16-14-17(2)27-25(26-16)33-15-18-8-10-20(11-9-18)23(30)28-29-24(31)22-21(12-13-32-22)19-6-4-3-5-7-19/h3-14H,15H2,1-2H3,(H,28,30)(H,29,31). The lowest BCUT2D eigenvalue weighted by Crippen LogP contribution is -2.41. The molecule has 2 heterocycles. The fraction of sp³-hybridized carbons (Fsp3) is 0.120. The van der Waals surface area contributed by atoms with Crippen molar-refractivity contribution in [1.82, 2.24) is 20.8 Å². The molecule has 2 amide bonds. The molecule has 0 radical (unpaired) electrons. The first-order valence-corrected chi connectivity index (χ1v) is 12.1. The first-order valence-electron chi connectivity index (χ1n) is 10.3. The number of hydrazine groups is 1. The van der Waals surface area contributed by atoms with Crippen LogP contribution in [-0.2, 0) is 5.75 Å². The van der Waals surface area contributed by atoms with E-state index in [-0.39, 0.29) is 11.8 Å². The van der Waals surface area contributed by atoms with Gasteiger partial charge in [-0.1, -0.05) is 54.2 Å². The molecular weight excluding hydrogens is 452 g/mol. The number of nitrogens with zero attached hydrogens (tertiary/aromatic N) is 2. The summed E-state index contributed by atoms with van der Waals surface area (Å²) in [5.74, 6) is -0.0287. The van der Waals surface area contributed by atoms with Crippen LogP contribution in [0.4, 0.5) is 0 Å². The number of carbonyl (C=O) groups is 2. The lowest BCUT2D eigenvalue weighted by Gasteiger charge is -2.09. The summed E-state index contributed by atoms with van der Waals surface area (Å²) < 4.78 is 0. The van der Waals surface area contributed by atoms with E-state index in [4.69, 9.17) is 0 Å². The second kappa shape index (κ2) is 10.4. The topological polar surface area (TPSA) is 84.0 Å². The van der Waals surface area contributed by atoms with Gasteiger partial charge in [0.15, 0.2) is 5.16 Å². The molecule has 0 unspecified atom stereocenters. The number of benzene rings is 2. The zero-order valence-electron chi connectivity index (χ0n) is 18.2. The zero-order valence-corrected chi connectivity index (χ0v) is 19.8. The fourth-order valence-electron chi connectivity index (χ4n) is 3.23. The van der Waals surface area contributed by atoms with Crippen molar-refractivity contribution in [3.05, 3.63) is 99.5 Å². The molecule has 2 aromatic heterocycles. The Hall–Kier alpha value is -3.49. The summed E-state index contributed by atoms with van der Waals surface area (Å²) in [5.41, 5.74) is 10.2. The quantitative estimate of drug-likeness (QED) is 0.228. The summed E-state index contributed by atoms with van der Waals surface area (Å²) in [7, 11) is 0. The SMILES string of the molecule is Cc1cc(C)nc(SCc2ccc(C(=O)NNC(=O)c3sccc3-c3ccccc3)cc2)n1. The molecule has 0 fully saturated rings. The van der Waals surface area contributed by atoms with Crippen LogP contribution in [0.25, 0.3) is 11.1 Å². The number of carbonyl (C=O) groups excluding carboxylic acids is 2. The number of aryl methyl sites for hydroxylation is 2. The predicted molar refractivity (Wildman–Crippen MR) is 132 cm³/mol. The van der Waals surface area contributed by atoms with E-state index in [1.807, 2.05) is 73.8 Å². The van der Waals surface area contributed by atoms with Gasteiger partial charge in [-0.3, -0.25) is 20.4 Å². The highest BCUT2D eigenvalue weighted by Gasteiger charge is 2.15. The summed E-state index contributed by atoms with van der Waals surface area (Å²) in [6.07, 6.45) is 0. The van der Waals surface area contributed by atoms with Gasteiger partial charge in [-0.25, -0.2) is 9.97 Å². The van der Waals surface area contributed by atoms with E-state index < -0.39 is 0 Å². The van der Waals surface area contributed by atoms with Gasteiger partial charge >= 0.3 is 0 Å². The van der Waals surface area contributed by atoms with Crippen molar-refractivity contribution >= 4 is 34.9 Å². The van der Waals surface area contributed by atoms with Crippen LogP contribution >= 0.6 is 23.1 Å². The van der Waals surface area contributed by atoms with Crippen LogP contribution < -0.4 is 10.9 Å². The van der Waals surface area contributed by atoms with Crippen LogP contribution in [0.15, 0.2) is 77.3 Å². The molecule has 0 saturated carbocycles. The number of rotatable bonds is 6. The van der Waals surface area contributed by atoms with Crippen LogP contribution in [0.5, 0.6) is 0 Å². The number of hydrogen-bond acceptors (Lipinski definition) is 6. The van der Waals surface area contributed by atoms with Gasteiger partial charge in [0.05, 0.1) is 0 Å². The lowest BCUT2D eigenvalue weighted by molar-refractivity contribution is 0.0849. The number of thioether (sulfide) groups is 1. The maximum Gasteiger partial charge on any atom is 0.280 e. The number of nitrogens with one attached hydrogen (secondary N) is 2. The molecule has 6 nitrogen and oxygen atoms in total. The first kappa shape index (κ1) is 22.7. The van der Waals surface area contributed by atoms with E-state index in [1.54, 1.807) is 23.9 Å². The Kier molecular flexibility index (Phi) is 7.16. The number of hydrogen-bond donors (Lipinski definition) is 2. The van der Waals surface area contributed by atoms with Gasteiger partial charge in [-0.15, -0.1) is 11.3 Å².